The van der Waals surface area contributed by atoms with Crippen molar-refractivity contribution in [1.82, 2.24) is 19.7 Å². The van der Waals surface area contributed by atoms with Crippen molar-refractivity contribution in [2.24, 2.45) is 5.73 Å². The predicted octanol–water partition coefficient (Wildman–Crippen LogP) is 5.48. The Kier molecular flexibility index (Phi) is 5.82. The van der Waals surface area contributed by atoms with Gasteiger partial charge in [-0.1, -0.05) is 24.3 Å². The Morgan fingerprint density at radius 3 is 2.41 bits per heavy atom. The molecule has 0 amide bonds. The summed E-state index contributed by atoms with van der Waals surface area (Å²) in [5, 5.41) is 5.98. The van der Waals surface area contributed by atoms with Crippen LogP contribution in [0.5, 0.6) is 5.75 Å². The molecule has 170 valence electrons. The Hall–Kier alpha value is -4.03. The second kappa shape index (κ2) is 9.08. The summed E-state index contributed by atoms with van der Waals surface area (Å²) in [5.74, 6) is 0.784. The van der Waals surface area contributed by atoms with E-state index in [1.807, 2.05) is 79.2 Å². The fraction of sp³-hybridized carbons (Fsp3) is 0.179. The van der Waals surface area contributed by atoms with E-state index in [1.54, 1.807) is 12.4 Å². The maximum Gasteiger partial charge on any atom is 0.130 e. The number of hydrogen-bond acceptors (Lipinski definition) is 5. The van der Waals surface area contributed by atoms with Crippen LogP contribution >= 0.6 is 0 Å². The number of nitrogens with zero attached hydrogens (tertiary/aromatic N) is 4. The summed E-state index contributed by atoms with van der Waals surface area (Å²) in [6.45, 7) is 5.02. The first-order chi connectivity index (χ1) is 16.4. The van der Waals surface area contributed by atoms with E-state index in [4.69, 9.17) is 15.6 Å². The Bertz CT molecular complexity index is 1400. The lowest BCUT2D eigenvalue weighted by atomic mass is 10.0. The van der Waals surface area contributed by atoms with E-state index in [2.05, 4.69) is 28.3 Å². The van der Waals surface area contributed by atoms with Crippen LogP contribution < -0.4 is 10.5 Å². The molecule has 3 aromatic heterocycles. The number of pyridine rings is 2. The molecule has 0 unspecified atom stereocenters. The molecule has 0 spiro atoms. The Morgan fingerprint density at radius 2 is 1.65 bits per heavy atom. The van der Waals surface area contributed by atoms with Crippen LogP contribution in [0.1, 0.15) is 19.5 Å². The van der Waals surface area contributed by atoms with E-state index < -0.39 is 0 Å². The number of para-hydroxylation sites is 1. The molecule has 0 fully saturated rings. The molecular weight excluding hydrogens is 422 g/mol. The summed E-state index contributed by atoms with van der Waals surface area (Å²) in [5.41, 5.74) is 11.8. The average molecular weight is 450 g/mol. The second-order valence-electron chi connectivity index (χ2n) is 9.12. The van der Waals surface area contributed by atoms with Gasteiger partial charge in [0, 0.05) is 40.6 Å². The van der Waals surface area contributed by atoms with Gasteiger partial charge < -0.3 is 10.5 Å². The van der Waals surface area contributed by atoms with Crippen LogP contribution in [0.25, 0.3) is 33.3 Å². The van der Waals surface area contributed by atoms with Crippen molar-refractivity contribution in [3.63, 3.8) is 0 Å². The van der Waals surface area contributed by atoms with Gasteiger partial charge in [-0.25, -0.2) is 4.98 Å². The van der Waals surface area contributed by atoms with Gasteiger partial charge in [0.2, 0.25) is 0 Å². The van der Waals surface area contributed by atoms with E-state index in [0.29, 0.717) is 13.2 Å². The summed E-state index contributed by atoms with van der Waals surface area (Å²) in [6, 6.07) is 24.2. The molecule has 0 saturated carbocycles. The minimum atomic E-state index is -0.368. The first kappa shape index (κ1) is 21.8. The molecule has 34 heavy (non-hydrogen) atoms. The fourth-order valence-corrected chi connectivity index (χ4v) is 3.93. The molecule has 2 aromatic carbocycles. The third kappa shape index (κ3) is 4.97. The maximum absolute atomic E-state index is 6.24. The Labute approximate surface area is 199 Å². The van der Waals surface area contributed by atoms with Crippen molar-refractivity contribution in [3.05, 3.63) is 97.1 Å². The van der Waals surface area contributed by atoms with Gasteiger partial charge in [-0.15, -0.1) is 0 Å². The first-order valence-electron chi connectivity index (χ1n) is 11.3. The van der Waals surface area contributed by atoms with Gasteiger partial charge in [-0.3, -0.25) is 9.67 Å². The highest BCUT2D eigenvalue weighted by molar-refractivity contribution is 5.80. The van der Waals surface area contributed by atoms with Gasteiger partial charge in [0.1, 0.15) is 18.1 Å². The van der Waals surface area contributed by atoms with E-state index in [0.717, 1.165) is 44.7 Å². The lowest BCUT2D eigenvalue weighted by Gasteiger charge is -2.17. The van der Waals surface area contributed by atoms with Crippen LogP contribution in [-0.2, 0) is 13.2 Å². The largest absolute Gasteiger partial charge is 0.487 e. The quantitative estimate of drug-likeness (QED) is 0.356. The summed E-state index contributed by atoms with van der Waals surface area (Å²) < 4.78 is 7.92. The molecule has 0 aliphatic heterocycles. The minimum Gasteiger partial charge on any atom is -0.487 e. The van der Waals surface area contributed by atoms with Crippen molar-refractivity contribution in [3.8, 4) is 28.1 Å². The molecule has 2 N–H and O–H groups in total. The molecule has 5 aromatic rings. The SMILES string of the molecule is CC(C)(N)Cn1cc(-c2ccncc2)c(-c2ccc(OCc3ccc4ccccc4n3)cc2)n1. The lowest BCUT2D eigenvalue weighted by molar-refractivity contribution is 0.302. The molecule has 5 rings (SSSR count). The highest BCUT2D eigenvalue weighted by Gasteiger charge is 2.17. The summed E-state index contributed by atoms with van der Waals surface area (Å²) in [4.78, 5) is 8.82. The number of hydrogen-bond donors (Lipinski definition) is 1. The third-order valence-corrected chi connectivity index (χ3v) is 5.49. The van der Waals surface area contributed by atoms with Crippen LogP contribution in [0.3, 0.4) is 0 Å². The fourth-order valence-electron chi connectivity index (χ4n) is 3.93. The zero-order valence-corrected chi connectivity index (χ0v) is 19.3. The van der Waals surface area contributed by atoms with E-state index in [1.165, 1.54) is 0 Å². The molecular formula is C28H27N5O. The highest BCUT2D eigenvalue weighted by atomic mass is 16.5. The summed E-state index contributed by atoms with van der Waals surface area (Å²) >= 11 is 0. The molecule has 0 bridgehead atoms. The van der Waals surface area contributed by atoms with Crippen LogP contribution in [0.15, 0.2) is 91.4 Å². The van der Waals surface area contributed by atoms with Crippen LogP contribution in [-0.4, -0.2) is 25.3 Å². The summed E-state index contributed by atoms with van der Waals surface area (Å²) in [7, 11) is 0. The van der Waals surface area contributed by atoms with Gasteiger partial charge in [-0.2, -0.15) is 5.10 Å². The topological polar surface area (TPSA) is 78.9 Å². The lowest BCUT2D eigenvalue weighted by Crippen LogP contribution is -2.37. The van der Waals surface area contributed by atoms with Crippen molar-refractivity contribution in [1.29, 1.82) is 0 Å². The first-order valence-corrected chi connectivity index (χ1v) is 11.3. The molecule has 0 atom stereocenters. The van der Waals surface area contributed by atoms with Gasteiger partial charge in [0.25, 0.3) is 0 Å². The van der Waals surface area contributed by atoms with Crippen LogP contribution in [0.2, 0.25) is 0 Å². The maximum atomic E-state index is 6.24. The third-order valence-electron chi connectivity index (χ3n) is 5.49. The molecule has 3 heterocycles. The smallest absolute Gasteiger partial charge is 0.130 e. The van der Waals surface area contributed by atoms with Gasteiger partial charge in [-0.05, 0) is 67.9 Å². The minimum absolute atomic E-state index is 0.368. The van der Waals surface area contributed by atoms with Crippen LogP contribution in [0.4, 0.5) is 0 Å². The number of nitrogens with two attached hydrogens (primary N) is 1. The van der Waals surface area contributed by atoms with Gasteiger partial charge in [0.05, 0.1) is 17.8 Å². The normalized spacial score (nSPS) is 11.6. The number of benzene rings is 2. The molecule has 6 heteroatoms. The number of rotatable bonds is 7. The number of ether oxygens (including phenoxy) is 1. The predicted molar refractivity (Wildman–Crippen MR) is 135 cm³/mol. The monoisotopic (exact) mass is 449 g/mol. The van der Waals surface area contributed by atoms with E-state index in [-0.39, 0.29) is 5.54 Å². The highest BCUT2D eigenvalue weighted by Crippen LogP contribution is 2.32. The van der Waals surface area contributed by atoms with Gasteiger partial charge in [0.15, 0.2) is 0 Å². The second-order valence-corrected chi connectivity index (χ2v) is 9.12. The van der Waals surface area contributed by atoms with E-state index in [9.17, 15) is 0 Å². The van der Waals surface area contributed by atoms with E-state index >= 15 is 0 Å². The molecule has 0 radical (unpaired) electrons. The molecule has 6 nitrogen and oxygen atoms in total. The zero-order valence-electron chi connectivity index (χ0n) is 19.3. The zero-order chi connectivity index (χ0) is 23.5. The number of aromatic nitrogens is 4. The average Bonchev–Trinajstić information content (AvgIpc) is 3.25. The van der Waals surface area contributed by atoms with Crippen molar-refractivity contribution >= 4 is 10.9 Å². The van der Waals surface area contributed by atoms with Crippen LogP contribution in [0, 0.1) is 0 Å². The molecule has 0 aliphatic rings. The number of fused-ring (bicyclic) bond motifs is 1. The Balaban J connectivity index is 1.37. The van der Waals surface area contributed by atoms with Crippen molar-refractivity contribution in [2.75, 3.05) is 0 Å². The van der Waals surface area contributed by atoms with Gasteiger partial charge >= 0.3 is 0 Å². The standard InChI is InChI=1S/C28H27N5O/c1-28(2,29)19-33-17-25(20-13-15-30-16-14-20)27(32-33)22-8-11-24(12-9-22)34-18-23-10-7-21-5-3-4-6-26(21)31-23/h3-17H,18-19,29H2,1-2H3. The molecule has 0 saturated heterocycles. The van der Waals surface area contributed by atoms with Crippen molar-refractivity contribution in [2.45, 2.75) is 32.5 Å². The van der Waals surface area contributed by atoms with Crippen molar-refractivity contribution < 1.29 is 4.74 Å². The molecule has 0 aliphatic carbocycles. The summed E-state index contributed by atoms with van der Waals surface area (Å²) in [6.07, 6.45) is 5.64. The Morgan fingerprint density at radius 1 is 0.882 bits per heavy atom.